The molecule has 1 N–H and O–H groups in total. The molecule has 0 radical (unpaired) electrons. The molecule has 1 atom stereocenters. The van der Waals surface area contributed by atoms with Crippen molar-refractivity contribution in [3.63, 3.8) is 0 Å². The molecular formula is C20H17ClF3N3O2S. The van der Waals surface area contributed by atoms with E-state index in [1.165, 1.54) is 18.0 Å². The molecule has 1 saturated heterocycles. The van der Waals surface area contributed by atoms with Gasteiger partial charge in [-0.25, -0.2) is 4.99 Å². The van der Waals surface area contributed by atoms with E-state index < -0.39 is 22.0 Å². The van der Waals surface area contributed by atoms with Crippen LogP contribution in [0.1, 0.15) is 17.5 Å². The number of amides is 2. The summed E-state index contributed by atoms with van der Waals surface area (Å²) >= 11 is 6.66. The number of nitrogens with zero attached hydrogens (tertiary/aromatic N) is 2. The fourth-order valence-electron chi connectivity index (χ4n) is 2.81. The molecule has 5 nitrogen and oxygen atoms in total. The van der Waals surface area contributed by atoms with E-state index in [-0.39, 0.29) is 29.1 Å². The van der Waals surface area contributed by atoms with Gasteiger partial charge in [0.2, 0.25) is 11.8 Å². The molecular weight excluding hydrogens is 439 g/mol. The van der Waals surface area contributed by atoms with E-state index in [0.29, 0.717) is 5.69 Å². The molecule has 0 aromatic heterocycles. The van der Waals surface area contributed by atoms with Crippen molar-refractivity contribution < 1.29 is 22.8 Å². The minimum Gasteiger partial charge on any atom is -0.326 e. The number of nitrogens with one attached hydrogen (secondary N) is 1. The van der Waals surface area contributed by atoms with Crippen LogP contribution in [-0.4, -0.2) is 34.2 Å². The summed E-state index contributed by atoms with van der Waals surface area (Å²) < 4.78 is 39.1. The van der Waals surface area contributed by atoms with Crippen LogP contribution >= 0.6 is 23.4 Å². The lowest BCUT2D eigenvalue weighted by atomic mass is 10.2. The van der Waals surface area contributed by atoms with Crippen molar-refractivity contribution in [1.29, 1.82) is 0 Å². The van der Waals surface area contributed by atoms with Crippen molar-refractivity contribution in [2.75, 3.05) is 12.4 Å². The monoisotopic (exact) mass is 455 g/mol. The van der Waals surface area contributed by atoms with Gasteiger partial charge in [-0.15, -0.1) is 0 Å². The zero-order valence-electron chi connectivity index (χ0n) is 16.0. The number of aryl methyl sites for hydroxylation is 1. The van der Waals surface area contributed by atoms with Crippen LogP contribution in [0, 0.1) is 6.92 Å². The Morgan fingerprint density at radius 3 is 2.67 bits per heavy atom. The van der Waals surface area contributed by atoms with Crippen LogP contribution < -0.4 is 5.32 Å². The average molecular weight is 456 g/mol. The largest absolute Gasteiger partial charge is 0.417 e. The Labute approximate surface area is 180 Å². The van der Waals surface area contributed by atoms with Crippen LogP contribution in [0.4, 0.5) is 24.5 Å². The molecule has 0 spiro atoms. The van der Waals surface area contributed by atoms with Crippen molar-refractivity contribution in [2.24, 2.45) is 4.99 Å². The van der Waals surface area contributed by atoms with E-state index >= 15 is 0 Å². The number of hydrogen-bond donors (Lipinski definition) is 1. The normalized spacial score (nSPS) is 18.2. The second kappa shape index (κ2) is 8.69. The Morgan fingerprint density at radius 1 is 1.27 bits per heavy atom. The van der Waals surface area contributed by atoms with E-state index in [1.807, 2.05) is 13.0 Å². The first-order valence-electron chi connectivity index (χ1n) is 8.81. The Kier molecular flexibility index (Phi) is 6.42. The summed E-state index contributed by atoms with van der Waals surface area (Å²) in [6.45, 7) is 1.89. The highest BCUT2D eigenvalue weighted by molar-refractivity contribution is 8.15. The van der Waals surface area contributed by atoms with Crippen molar-refractivity contribution in [3.05, 3.63) is 58.6 Å². The number of aliphatic imine (C=N–C) groups is 1. The SMILES string of the molecule is Cc1cccc(NC(=O)C[C@H]2SC(=Nc3ccc(Cl)c(C(F)(F)F)c3)N(C)C2=O)c1. The summed E-state index contributed by atoms with van der Waals surface area (Å²) in [5.41, 5.74) is 0.615. The Morgan fingerprint density at radius 2 is 2.00 bits per heavy atom. The molecule has 0 unspecified atom stereocenters. The third-order valence-electron chi connectivity index (χ3n) is 4.29. The maximum Gasteiger partial charge on any atom is 0.417 e. The maximum absolute atomic E-state index is 13.0. The number of carbonyl (C=O) groups excluding carboxylic acids is 2. The second-order valence-corrected chi connectivity index (χ2v) is 8.26. The molecule has 1 fully saturated rings. The molecule has 1 heterocycles. The van der Waals surface area contributed by atoms with Crippen LogP contribution in [-0.2, 0) is 15.8 Å². The van der Waals surface area contributed by atoms with Gasteiger partial charge in [0.15, 0.2) is 5.17 Å². The summed E-state index contributed by atoms with van der Waals surface area (Å²) in [6.07, 6.45) is -4.70. The zero-order valence-corrected chi connectivity index (χ0v) is 17.5. The third-order valence-corrected chi connectivity index (χ3v) is 5.85. The van der Waals surface area contributed by atoms with Crippen LogP contribution in [0.3, 0.4) is 0 Å². The predicted octanol–water partition coefficient (Wildman–Crippen LogP) is 5.26. The van der Waals surface area contributed by atoms with Gasteiger partial charge in [0.25, 0.3) is 0 Å². The highest BCUT2D eigenvalue weighted by Gasteiger charge is 2.37. The molecule has 0 saturated carbocycles. The Balaban J connectivity index is 1.73. The topological polar surface area (TPSA) is 61.8 Å². The van der Waals surface area contributed by atoms with Crippen LogP contribution in [0.25, 0.3) is 0 Å². The van der Waals surface area contributed by atoms with Gasteiger partial charge in [-0.2, -0.15) is 13.2 Å². The lowest BCUT2D eigenvalue weighted by Crippen LogP contribution is -2.30. The van der Waals surface area contributed by atoms with Gasteiger partial charge < -0.3 is 5.32 Å². The lowest BCUT2D eigenvalue weighted by Gasteiger charge is -2.11. The summed E-state index contributed by atoms with van der Waals surface area (Å²) in [5.74, 6) is -0.685. The smallest absolute Gasteiger partial charge is 0.326 e. The van der Waals surface area contributed by atoms with Gasteiger partial charge in [0.05, 0.1) is 16.3 Å². The summed E-state index contributed by atoms with van der Waals surface area (Å²) in [4.78, 5) is 30.2. The molecule has 10 heteroatoms. The maximum atomic E-state index is 13.0. The molecule has 0 bridgehead atoms. The van der Waals surface area contributed by atoms with Gasteiger partial charge in [0.1, 0.15) is 5.25 Å². The first-order valence-corrected chi connectivity index (χ1v) is 10.1. The van der Waals surface area contributed by atoms with E-state index in [0.717, 1.165) is 29.5 Å². The van der Waals surface area contributed by atoms with Crippen molar-refractivity contribution in [2.45, 2.75) is 24.8 Å². The third kappa shape index (κ3) is 5.14. The van der Waals surface area contributed by atoms with Gasteiger partial charge in [-0.3, -0.25) is 14.5 Å². The fourth-order valence-corrected chi connectivity index (χ4v) is 4.19. The van der Waals surface area contributed by atoms with E-state index in [4.69, 9.17) is 11.6 Å². The van der Waals surface area contributed by atoms with E-state index in [2.05, 4.69) is 10.3 Å². The first kappa shape index (κ1) is 22.2. The summed E-state index contributed by atoms with van der Waals surface area (Å²) in [7, 11) is 1.47. The van der Waals surface area contributed by atoms with Gasteiger partial charge in [0, 0.05) is 19.2 Å². The van der Waals surface area contributed by atoms with Gasteiger partial charge >= 0.3 is 6.18 Å². The number of thioether (sulfide) groups is 1. The molecule has 2 aromatic carbocycles. The van der Waals surface area contributed by atoms with E-state index in [1.54, 1.807) is 18.2 Å². The fraction of sp³-hybridized carbons (Fsp3) is 0.250. The van der Waals surface area contributed by atoms with Gasteiger partial charge in [-0.1, -0.05) is 35.5 Å². The van der Waals surface area contributed by atoms with E-state index in [9.17, 15) is 22.8 Å². The van der Waals surface area contributed by atoms with Gasteiger partial charge in [-0.05, 0) is 42.8 Å². The number of anilines is 1. The molecule has 0 aliphatic carbocycles. The molecule has 3 rings (SSSR count). The molecule has 2 amide bonds. The zero-order chi connectivity index (χ0) is 22.1. The van der Waals surface area contributed by atoms with Crippen molar-refractivity contribution >= 4 is 51.7 Å². The van der Waals surface area contributed by atoms with Crippen molar-refractivity contribution in [3.8, 4) is 0 Å². The number of amidine groups is 1. The highest BCUT2D eigenvalue weighted by Crippen LogP contribution is 2.38. The Bertz CT molecular complexity index is 1030. The Hall–Kier alpha value is -2.52. The summed E-state index contributed by atoms with van der Waals surface area (Å²) in [6, 6.07) is 10.5. The predicted molar refractivity (Wildman–Crippen MR) is 112 cm³/mol. The van der Waals surface area contributed by atoms with Crippen LogP contribution in [0.15, 0.2) is 47.5 Å². The standard InChI is InChI=1S/C20H17ClF3N3O2S/c1-11-4-3-5-12(8-11)25-17(28)10-16-18(29)27(2)19(30-16)26-13-6-7-15(21)14(9-13)20(22,23)24/h3-9,16H,10H2,1-2H3,(H,25,28)/t16-/m1/s1. The quantitative estimate of drug-likeness (QED) is 0.684. The summed E-state index contributed by atoms with van der Waals surface area (Å²) in [5, 5.41) is 1.80. The molecule has 158 valence electrons. The minimum absolute atomic E-state index is 0.0127. The molecule has 2 aromatic rings. The number of halogens is 4. The second-order valence-electron chi connectivity index (χ2n) is 6.68. The number of benzene rings is 2. The number of alkyl halides is 3. The minimum atomic E-state index is -4.62. The number of hydrogen-bond acceptors (Lipinski definition) is 4. The molecule has 1 aliphatic rings. The average Bonchev–Trinajstić information content (AvgIpc) is 2.90. The first-order chi connectivity index (χ1) is 14.0. The molecule has 30 heavy (non-hydrogen) atoms. The van der Waals surface area contributed by atoms with Crippen LogP contribution in [0.5, 0.6) is 0 Å². The molecule has 1 aliphatic heterocycles. The van der Waals surface area contributed by atoms with Crippen molar-refractivity contribution in [1.82, 2.24) is 4.90 Å². The number of rotatable bonds is 4. The highest BCUT2D eigenvalue weighted by atomic mass is 35.5. The van der Waals surface area contributed by atoms with Crippen LogP contribution in [0.2, 0.25) is 5.02 Å². The lowest BCUT2D eigenvalue weighted by molar-refractivity contribution is -0.137. The number of carbonyl (C=O) groups is 2.